The molecule has 0 aliphatic heterocycles. The quantitative estimate of drug-likeness (QED) is 0.688. The van der Waals surface area contributed by atoms with Gasteiger partial charge in [-0.05, 0) is 24.6 Å². The van der Waals surface area contributed by atoms with Gasteiger partial charge in [-0.2, -0.15) is 0 Å². The van der Waals surface area contributed by atoms with Crippen LogP contribution in [0.1, 0.15) is 18.1 Å². The molecule has 0 saturated heterocycles. The third kappa shape index (κ3) is 4.55. The van der Waals surface area contributed by atoms with Crippen molar-refractivity contribution in [2.45, 2.75) is 19.2 Å². The molecule has 6 heteroatoms. The van der Waals surface area contributed by atoms with Gasteiger partial charge < -0.3 is 4.74 Å². The molecule has 0 heterocycles. The van der Waals surface area contributed by atoms with Crippen LogP contribution in [-0.2, 0) is 15.2 Å². The van der Waals surface area contributed by atoms with Crippen LogP contribution in [0.25, 0.3) is 0 Å². The molecule has 0 spiro atoms. The Bertz CT molecular complexity index is 512. The van der Waals surface area contributed by atoms with Crippen LogP contribution in [0, 0.1) is 6.92 Å². The Morgan fingerprint density at radius 3 is 2.56 bits per heavy atom. The molecule has 0 aromatic heterocycles. The molecule has 0 aliphatic rings. The summed E-state index contributed by atoms with van der Waals surface area (Å²) in [7, 11) is -2.98. The number of rotatable bonds is 6. The average molecular weight is 400 g/mol. The Balaban J connectivity index is 2.79. The van der Waals surface area contributed by atoms with Crippen molar-refractivity contribution in [3.63, 3.8) is 0 Å². The molecular weight excluding hydrogens is 384 g/mol. The van der Waals surface area contributed by atoms with Gasteiger partial charge in [0, 0.05) is 21.1 Å². The summed E-state index contributed by atoms with van der Waals surface area (Å²) >= 11 is 6.83. The molecule has 18 heavy (non-hydrogen) atoms. The molecule has 0 aliphatic carbocycles. The smallest absolute Gasteiger partial charge is 0.153 e. The SMILES string of the molecule is CCS(=O)(=O)CCOc1c(C)cc(Br)cc1CBr. The highest BCUT2D eigenvalue weighted by atomic mass is 79.9. The van der Waals surface area contributed by atoms with E-state index in [1.165, 1.54) is 0 Å². The van der Waals surface area contributed by atoms with Crippen molar-refractivity contribution < 1.29 is 13.2 Å². The first-order valence-corrected chi connectivity index (χ1v) is 9.31. The van der Waals surface area contributed by atoms with Crippen molar-refractivity contribution >= 4 is 41.7 Å². The van der Waals surface area contributed by atoms with Gasteiger partial charge in [-0.1, -0.05) is 38.8 Å². The number of sulfone groups is 1. The topological polar surface area (TPSA) is 43.4 Å². The largest absolute Gasteiger partial charge is 0.492 e. The molecule has 1 aromatic rings. The van der Waals surface area contributed by atoms with Crippen LogP contribution in [0.3, 0.4) is 0 Å². The highest BCUT2D eigenvalue weighted by Crippen LogP contribution is 2.29. The van der Waals surface area contributed by atoms with Gasteiger partial charge in [0.05, 0.1) is 5.75 Å². The average Bonchev–Trinajstić information content (AvgIpc) is 2.31. The fourth-order valence-corrected chi connectivity index (χ4v) is 3.18. The third-order valence-electron chi connectivity index (χ3n) is 2.54. The number of hydrogen-bond donors (Lipinski definition) is 0. The van der Waals surface area contributed by atoms with Crippen molar-refractivity contribution in [3.8, 4) is 5.75 Å². The highest BCUT2D eigenvalue weighted by Gasteiger charge is 2.11. The third-order valence-corrected chi connectivity index (χ3v) is 5.27. The summed E-state index contributed by atoms with van der Waals surface area (Å²) in [4.78, 5) is 0. The zero-order valence-corrected chi connectivity index (χ0v) is 14.4. The first-order chi connectivity index (χ1) is 8.39. The molecule has 0 fully saturated rings. The summed E-state index contributed by atoms with van der Waals surface area (Å²) in [6, 6.07) is 3.92. The van der Waals surface area contributed by atoms with Gasteiger partial charge in [-0.3, -0.25) is 0 Å². The van der Waals surface area contributed by atoms with E-state index in [-0.39, 0.29) is 18.1 Å². The van der Waals surface area contributed by atoms with Gasteiger partial charge in [-0.15, -0.1) is 0 Å². The van der Waals surface area contributed by atoms with Gasteiger partial charge in [0.15, 0.2) is 9.84 Å². The summed E-state index contributed by atoms with van der Waals surface area (Å²) in [6.45, 7) is 3.78. The number of hydrogen-bond acceptors (Lipinski definition) is 3. The van der Waals surface area contributed by atoms with E-state index in [2.05, 4.69) is 31.9 Å². The Hall–Kier alpha value is -0.0700. The van der Waals surface area contributed by atoms with Crippen LogP contribution in [0.5, 0.6) is 5.75 Å². The maximum absolute atomic E-state index is 11.4. The van der Waals surface area contributed by atoms with Crippen LogP contribution in [0.4, 0.5) is 0 Å². The van der Waals surface area contributed by atoms with Gasteiger partial charge in [0.2, 0.25) is 0 Å². The molecule has 0 unspecified atom stereocenters. The Labute approximate surface area is 125 Å². The predicted octanol–water partition coefficient (Wildman–Crippen LogP) is 3.47. The van der Waals surface area contributed by atoms with Gasteiger partial charge in [-0.25, -0.2) is 8.42 Å². The van der Waals surface area contributed by atoms with Crippen molar-refractivity contribution in [1.82, 2.24) is 0 Å². The predicted molar refractivity (Wildman–Crippen MR) is 81.3 cm³/mol. The standard InChI is InChI=1S/C12H16Br2O3S/c1-3-18(15,16)5-4-17-12-9(2)6-11(14)7-10(12)8-13/h6-7H,3-5,8H2,1-2H3. The van der Waals surface area contributed by atoms with Crippen molar-refractivity contribution in [1.29, 1.82) is 0 Å². The van der Waals surface area contributed by atoms with Crippen LogP contribution < -0.4 is 4.74 Å². The maximum atomic E-state index is 11.4. The lowest BCUT2D eigenvalue weighted by Crippen LogP contribution is -2.16. The number of aryl methyl sites for hydroxylation is 1. The molecule has 0 bridgehead atoms. The maximum Gasteiger partial charge on any atom is 0.153 e. The zero-order chi connectivity index (χ0) is 13.8. The van der Waals surface area contributed by atoms with E-state index in [4.69, 9.17) is 4.74 Å². The Morgan fingerprint density at radius 1 is 1.33 bits per heavy atom. The molecule has 102 valence electrons. The number of benzene rings is 1. The molecule has 0 saturated carbocycles. The fraction of sp³-hybridized carbons (Fsp3) is 0.500. The first-order valence-electron chi connectivity index (χ1n) is 5.58. The molecule has 0 amide bonds. The minimum absolute atomic E-state index is 0.0563. The van der Waals surface area contributed by atoms with E-state index in [0.717, 1.165) is 21.3 Å². The Morgan fingerprint density at radius 2 is 2.00 bits per heavy atom. The summed E-state index contributed by atoms with van der Waals surface area (Å²) in [5.41, 5.74) is 2.00. The van der Waals surface area contributed by atoms with Crippen molar-refractivity contribution in [2.75, 3.05) is 18.1 Å². The van der Waals surface area contributed by atoms with Crippen LogP contribution >= 0.6 is 31.9 Å². The monoisotopic (exact) mass is 398 g/mol. The minimum atomic E-state index is -2.98. The molecule has 1 aromatic carbocycles. The van der Waals surface area contributed by atoms with Crippen molar-refractivity contribution in [3.05, 3.63) is 27.7 Å². The summed E-state index contributed by atoms with van der Waals surface area (Å²) in [5, 5.41) is 0.670. The van der Waals surface area contributed by atoms with Crippen LogP contribution in [0.15, 0.2) is 16.6 Å². The van der Waals surface area contributed by atoms with E-state index < -0.39 is 9.84 Å². The van der Waals surface area contributed by atoms with E-state index >= 15 is 0 Å². The molecule has 0 atom stereocenters. The number of alkyl halides is 1. The highest BCUT2D eigenvalue weighted by molar-refractivity contribution is 9.10. The summed E-state index contributed by atoms with van der Waals surface area (Å²) < 4.78 is 29.4. The van der Waals surface area contributed by atoms with Crippen LogP contribution in [-0.4, -0.2) is 26.5 Å². The molecule has 0 radical (unpaired) electrons. The van der Waals surface area contributed by atoms with E-state index in [9.17, 15) is 8.42 Å². The zero-order valence-electron chi connectivity index (χ0n) is 10.4. The van der Waals surface area contributed by atoms with Gasteiger partial charge in [0.25, 0.3) is 0 Å². The van der Waals surface area contributed by atoms with Gasteiger partial charge >= 0.3 is 0 Å². The van der Waals surface area contributed by atoms with Gasteiger partial charge in [0.1, 0.15) is 12.4 Å². The molecule has 3 nitrogen and oxygen atoms in total. The second-order valence-corrected chi connectivity index (χ2v) is 7.88. The van der Waals surface area contributed by atoms with E-state index in [1.807, 2.05) is 19.1 Å². The van der Waals surface area contributed by atoms with Crippen LogP contribution in [0.2, 0.25) is 0 Å². The Kier molecular flexibility index (Phi) is 6.14. The molecule has 0 N–H and O–H groups in total. The normalized spacial score (nSPS) is 11.6. The number of halogens is 2. The first kappa shape index (κ1) is 16.0. The second-order valence-electron chi connectivity index (χ2n) is 3.93. The van der Waals surface area contributed by atoms with E-state index in [1.54, 1.807) is 6.92 Å². The summed E-state index contributed by atoms with van der Waals surface area (Å²) in [6.07, 6.45) is 0. The van der Waals surface area contributed by atoms with E-state index in [0.29, 0.717) is 5.33 Å². The molecular formula is C12H16Br2O3S. The lowest BCUT2D eigenvalue weighted by Gasteiger charge is -2.13. The fourth-order valence-electron chi connectivity index (χ4n) is 1.52. The minimum Gasteiger partial charge on any atom is -0.492 e. The lowest BCUT2D eigenvalue weighted by molar-refractivity contribution is 0.336. The number of ether oxygens (including phenoxy) is 1. The second kappa shape index (κ2) is 6.91. The lowest BCUT2D eigenvalue weighted by atomic mass is 10.1. The molecule has 1 rings (SSSR count). The summed E-state index contributed by atoms with van der Waals surface area (Å²) in [5.74, 6) is 0.975. The van der Waals surface area contributed by atoms with Crippen molar-refractivity contribution in [2.24, 2.45) is 0 Å².